The molecule has 1 fully saturated rings. The molecule has 5 nitrogen and oxygen atoms in total. The summed E-state index contributed by atoms with van der Waals surface area (Å²) in [7, 11) is 2.01. The third kappa shape index (κ3) is 2.19. The summed E-state index contributed by atoms with van der Waals surface area (Å²) in [5.74, 6) is 0.817. The summed E-state index contributed by atoms with van der Waals surface area (Å²) in [4.78, 5) is 2.27. The van der Waals surface area contributed by atoms with Crippen molar-refractivity contribution in [2.45, 2.75) is 12.8 Å². The molecular formula is C8H15N5S. The Balaban J connectivity index is 1.84. The molecule has 1 saturated heterocycles. The van der Waals surface area contributed by atoms with Gasteiger partial charge in [0.15, 0.2) is 0 Å². The zero-order valence-corrected chi connectivity index (χ0v) is 9.13. The topological polar surface area (TPSA) is 53.9 Å². The minimum atomic E-state index is 0.817. The summed E-state index contributed by atoms with van der Waals surface area (Å²) in [6.07, 6.45) is 2.47. The predicted octanol–water partition coefficient (Wildman–Crippen LogP) is 0.369. The van der Waals surface area contributed by atoms with E-state index in [1.54, 1.807) is 0 Å². The molecule has 0 unspecified atom stereocenters. The lowest BCUT2D eigenvalue weighted by Crippen LogP contribution is -2.36. The second-order valence-corrected chi connectivity index (χ2v) is 4.34. The van der Waals surface area contributed by atoms with Crippen molar-refractivity contribution in [1.29, 1.82) is 0 Å². The van der Waals surface area contributed by atoms with E-state index in [1.165, 1.54) is 24.4 Å². The fourth-order valence-electron chi connectivity index (χ4n) is 1.87. The monoisotopic (exact) mass is 213 g/mol. The van der Waals surface area contributed by atoms with Gasteiger partial charge < -0.3 is 10.2 Å². The van der Waals surface area contributed by atoms with Crippen LogP contribution >= 0.6 is 11.5 Å². The van der Waals surface area contributed by atoms with Crippen LogP contribution in [0.3, 0.4) is 0 Å². The van der Waals surface area contributed by atoms with Crippen molar-refractivity contribution in [3.8, 4) is 0 Å². The Hall–Kier alpha value is -0.750. The number of rotatable bonds is 3. The zero-order chi connectivity index (χ0) is 9.80. The van der Waals surface area contributed by atoms with Gasteiger partial charge in [0.05, 0.1) is 0 Å². The van der Waals surface area contributed by atoms with Gasteiger partial charge in [0, 0.05) is 24.6 Å². The SMILES string of the molecule is CNCC1CCN(c2nnns2)CC1. The number of hydrogen-bond donors (Lipinski definition) is 1. The van der Waals surface area contributed by atoms with Crippen LogP contribution in [0.4, 0.5) is 5.13 Å². The zero-order valence-electron chi connectivity index (χ0n) is 8.31. The second-order valence-electron chi connectivity index (χ2n) is 3.63. The summed E-state index contributed by atoms with van der Waals surface area (Å²) < 4.78 is 3.78. The molecule has 0 radical (unpaired) electrons. The Morgan fingerprint density at radius 2 is 2.29 bits per heavy atom. The molecular weight excluding hydrogens is 198 g/mol. The summed E-state index contributed by atoms with van der Waals surface area (Å²) in [6.45, 7) is 3.30. The van der Waals surface area contributed by atoms with Gasteiger partial charge in [-0.1, -0.05) is 9.59 Å². The number of hydrogen-bond acceptors (Lipinski definition) is 6. The molecule has 1 aromatic rings. The van der Waals surface area contributed by atoms with Crippen LogP contribution in [0.25, 0.3) is 0 Å². The van der Waals surface area contributed by atoms with Crippen molar-refractivity contribution in [2.24, 2.45) is 5.92 Å². The lowest BCUT2D eigenvalue weighted by atomic mass is 9.97. The fraction of sp³-hybridized carbons (Fsp3) is 0.875. The standard InChI is InChI=1S/C8H15N5S/c1-9-6-7-2-4-13(5-3-7)8-10-11-12-14-8/h7,9H,2-6H2,1H3. The lowest BCUT2D eigenvalue weighted by Gasteiger charge is -2.30. The predicted molar refractivity (Wildman–Crippen MR) is 56.6 cm³/mol. The van der Waals surface area contributed by atoms with Gasteiger partial charge in [0.1, 0.15) is 0 Å². The summed E-state index contributed by atoms with van der Waals surface area (Å²) in [5, 5.41) is 11.8. The Labute approximate surface area is 87.7 Å². The van der Waals surface area contributed by atoms with E-state index in [0.29, 0.717) is 0 Å². The van der Waals surface area contributed by atoms with Crippen LogP contribution in [0, 0.1) is 5.92 Å². The van der Waals surface area contributed by atoms with E-state index in [-0.39, 0.29) is 0 Å². The molecule has 0 aromatic carbocycles. The van der Waals surface area contributed by atoms with E-state index in [0.717, 1.165) is 30.7 Å². The molecule has 1 aliphatic heterocycles. The Bertz CT molecular complexity index is 255. The third-order valence-electron chi connectivity index (χ3n) is 2.67. The fourth-order valence-corrected chi connectivity index (χ4v) is 2.38. The highest BCUT2D eigenvalue weighted by molar-refractivity contribution is 7.09. The molecule has 0 saturated carbocycles. The highest BCUT2D eigenvalue weighted by Gasteiger charge is 2.20. The second kappa shape index (κ2) is 4.65. The summed E-state index contributed by atoms with van der Waals surface area (Å²) in [6, 6.07) is 0. The normalized spacial score (nSPS) is 18.8. The first kappa shape index (κ1) is 9.79. The van der Waals surface area contributed by atoms with Crippen molar-refractivity contribution < 1.29 is 0 Å². The van der Waals surface area contributed by atoms with Crippen molar-refractivity contribution in [1.82, 2.24) is 20.1 Å². The van der Waals surface area contributed by atoms with Crippen LogP contribution in [0.15, 0.2) is 0 Å². The first-order valence-electron chi connectivity index (χ1n) is 4.94. The van der Waals surface area contributed by atoms with Crippen molar-refractivity contribution >= 4 is 16.7 Å². The molecule has 78 valence electrons. The molecule has 1 aliphatic rings. The van der Waals surface area contributed by atoms with E-state index >= 15 is 0 Å². The van der Waals surface area contributed by atoms with E-state index in [1.807, 2.05) is 7.05 Å². The number of nitrogens with one attached hydrogen (secondary N) is 1. The van der Waals surface area contributed by atoms with Crippen LogP contribution < -0.4 is 10.2 Å². The van der Waals surface area contributed by atoms with Gasteiger partial charge in [0.2, 0.25) is 5.13 Å². The molecule has 1 N–H and O–H groups in total. The van der Waals surface area contributed by atoms with E-state index in [2.05, 4.69) is 25.0 Å². The molecule has 2 rings (SSSR count). The first-order chi connectivity index (χ1) is 6.90. The lowest BCUT2D eigenvalue weighted by molar-refractivity contribution is 0.393. The molecule has 6 heteroatoms. The van der Waals surface area contributed by atoms with Gasteiger partial charge in [-0.2, -0.15) is 0 Å². The van der Waals surface area contributed by atoms with Crippen LogP contribution in [0.5, 0.6) is 0 Å². The van der Waals surface area contributed by atoms with Crippen molar-refractivity contribution in [3.05, 3.63) is 0 Å². The molecule has 1 aromatic heterocycles. The van der Waals surface area contributed by atoms with Crippen LogP contribution in [-0.2, 0) is 0 Å². The Kier molecular flexibility index (Phi) is 3.26. The van der Waals surface area contributed by atoms with Gasteiger partial charge in [-0.25, -0.2) is 0 Å². The van der Waals surface area contributed by atoms with Crippen LogP contribution in [0.2, 0.25) is 0 Å². The molecule has 2 heterocycles. The quantitative estimate of drug-likeness (QED) is 0.786. The highest BCUT2D eigenvalue weighted by Crippen LogP contribution is 2.22. The van der Waals surface area contributed by atoms with E-state index in [9.17, 15) is 0 Å². The number of aromatic nitrogens is 3. The Morgan fingerprint density at radius 1 is 1.50 bits per heavy atom. The smallest absolute Gasteiger partial charge is 0.227 e. The number of piperidine rings is 1. The van der Waals surface area contributed by atoms with Gasteiger partial charge >= 0.3 is 0 Å². The Morgan fingerprint density at radius 3 is 2.86 bits per heavy atom. The van der Waals surface area contributed by atoms with Gasteiger partial charge in [0.25, 0.3) is 0 Å². The summed E-state index contributed by atoms with van der Waals surface area (Å²) in [5.41, 5.74) is 0. The maximum atomic E-state index is 3.98. The van der Waals surface area contributed by atoms with E-state index in [4.69, 9.17) is 0 Å². The molecule has 0 aliphatic carbocycles. The molecule has 0 atom stereocenters. The maximum absolute atomic E-state index is 3.98. The summed E-state index contributed by atoms with van der Waals surface area (Å²) >= 11 is 1.38. The van der Waals surface area contributed by atoms with Gasteiger partial charge in [-0.05, 0) is 37.6 Å². The molecule has 0 bridgehead atoms. The number of nitrogens with zero attached hydrogens (tertiary/aromatic N) is 4. The largest absolute Gasteiger partial charge is 0.345 e. The van der Waals surface area contributed by atoms with Crippen molar-refractivity contribution in [3.63, 3.8) is 0 Å². The van der Waals surface area contributed by atoms with Crippen LogP contribution in [0.1, 0.15) is 12.8 Å². The van der Waals surface area contributed by atoms with Crippen molar-refractivity contribution in [2.75, 3.05) is 31.6 Å². The maximum Gasteiger partial charge on any atom is 0.227 e. The van der Waals surface area contributed by atoms with Crippen LogP contribution in [-0.4, -0.2) is 41.5 Å². The van der Waals surface area contributed by atoms with E-state index < -0.39 is 0 Å². The number of anilines is 1. The third-order valence-corrected chi connectivity index (χ3v) is 3.32. The average molecular weight is 213 g/mol. The highest BCUT2D eigenvalue weighted by atomic mass is 32.1. The first-order valence-corrected chi connectivity index (χ1v) is 5.72. The molecule has 0 spiro atoms. The average Bonchev–Trinajstić information content (AvgIpc) is 2.72. The minimum Gasteiger partial charge on any atom is -0.345 e. The molecule has 14 heavy (non-hydrogen) atoms. The van der Waals surface area contributed by atoms with Gasteiger partial charge in [-0.3, -0.25) is 0 Å². The van der Waals surface area contributed by atoms with Gasteiger partial charge in [-0.15, -0.1) is 0 Å². The molecule has 0 amide bonds. The minimum absolute atomic E-state index is 0.817.